The highest BCUT2D eigenvalue weighted by Gasteiger charge is 2.32. The van der Waals surface area contributed by atoms with Gasteiger partial charge in [0.1, 0.15) is 5.75 Å². The van der Waals surface area contributed by atoms with Crippen molar-refractivity contribution in [1.82, 2.24) is 0 Å². The van der Waals surface area contributed by atoms with Crippen molar-refractivity contribution in [2.24, 2.45) is 11.7 Å². The molecule has 21 heavy (non-hydrogen) atoms. The second kappa shape index (κ2) is 6.69. The zero-order valence-electron chi connectivity index (χ0n) is 12.2. The van der Waals surface area contributed by atoms with Gasteiger partial charge >= 0.3 is 6.36 Å². The average Bonchev–Trinajstić information content (AvgIpc) is 2.39. The van der Waals surface area contributed by atoms with E-state index in [2.05, 4.69) is 11.7 Å². The van der Waals surface area contributed by atoms with Crippen LogP contribution < -0.4 is 10.5 Å². The summed E-state index contributed by atoms with van der Waals surface area (Å²) in [4.78, 5) is 0. The van der Waals surface area contributed by atoms with Gasteiger partial charge in [-0.3, -0.25) is 0 Å². The Bertz CT molecular complexity index is 461. The van der Waals surface area contributed by atoms with Crippen LogP contribution in [0.5, 0.6) is 5.75 Å². The summed E-state index contributed by atoms with van der Waals surface area (Å²) < 4.78 is 40.9. The Hall–Kier alpha value is -1.23. The maximum Gasteiger partial charge on any atom is 0.573 e. The first-order chi connectivity index (χ1) is 9.89. The van der Waals surface area contributed by atoms with Crippen LogP contribution in [0.15, 0.2) is 24.3 Å². The maximum atomic E-state index is 12.3. The molecule has 1 aliphatic carbocycles. The molecule has 1 saturated carbocycles. The van der Waals surface area contributed by atoms with E-state index in [1.807, 2.05) is 6.07 Å². The summed E-state index contributed by atoms with van der Waals surface area (Å²) >= 11 is 0. The summed E-state index contributed by atoms with van der Waals surface area (Å²) in [5.41, 5.74) is 7.04. The van der Waals surface area contributed by atoms with Gasteiger partial charge in [-0.2, -0.15) is 0 Å². The van der Waals surface area contributed by atoms with Crippen LogP contribution >= 0.6 is 0 Å². The number of ether oxygens (including phenoxy) is 1. The van der Waals surface area contributed by atoms with Crippen LogP contribution in [0.3, 0.4) is 0 Å². The van der Waals surface area contributed by atoms with Crippen LogP contribution in [-0.2, 0) is 0 Å². The van der Waals surface area contributed by atoms with Gasteiger partial charge < -0.3 is 10.5 Å². The number of hydrogen-bond donors (Lipinski definition) is 1. The minimum absolute atomic E-state index is 0.0132. The summed E-state index contributed by atoms with van der Waals surface area (Å²) in [6.45, 7) is 2.15. The van der Waals surface area contributed by atoms with Crippen molar-refractivity contribution in [2.45, 2.75) is 57.3 Å². The van der Waals surface area contributed by atoms with Gasteiger partial charge in [-0.05, 0) is 48.8 Å². The third kappa shape index (κ3) is 4.63. The van der Waals surface area contributed by atoms with Gasteiger partial charge in [0.15, 0.2) is 0 Å². The molecule has 0 aliphatic heterocycles. The van der Waals surface area contributed by atoms with Crippen molar-refractivity contribution < 1.29 is 17.9 Å². The molecule has 1 aromatic rings. The standard InChI is InChI=1S/C16H22F3NO/c1-2-4-11-7-8-15(20)14(9-11)12-5-3-6-13(10-12)21-16(17,18)19/h3,5-6,10-11,14-15H,2,4,7-9,20H2,1H3. The highest BCUT2D eigenvalue weighted by molar-refractivity contribution is 5.32. The first-order valence-corrected chi connectivity index (χ1v) is 7.50. The van der Waals surface area contributed by atoms with Gasteiger partial charge in [0.2, 0.25) is 0 Å². The number of hydrogen-bond acceptors (Lipinski definition) is 2. The fourth-order valence-electron chi connectivity index (χ4n) is 3.28. The van der Waals surface area contributed by atoms with Crippen molar-refractivity contribution >= 4 is 0 Å². The zero-order valence-corrected chi connectivity index (χ0v) is 12.2. The molecule has 1 aromatic carbocycles. The molecule has 0 spiro atoms. The van der Waals surface area contributed by atoms with E-state index in [0.29, 0.717) is 5.92 Å². The lowest BCUT2D eigenvalue weighted by atomic mass is 9.74. The fraction of sp³-hybridized carbons (Fsp3) is 0.625. The molecule has 1 aliphatic rings. The molecule has 0 amide bonds. The van der Waals surface area contributed by atoms with Crippen LogP contribution in [0.4, 0.5) is 13.2 Å². The van der Waals surface area contributed by atoms with Gasteiger partial charge in [-0.1, -0.05) is 31.9 Å². The van der Waals surface area contributed by atoms with Crippen LogP contribution in [0.1, 0.15) is 50.5 Å². The van der Waals surface area contributed by atoms with Gasteiger partial charge in [0.05, 0.1) is 0 Å². The topological polar surface area (TPSA) is 35.2 Å². The van der Waals surface area contributed by atoms with Crippen LogP contribution in [0.2, 0.25) is 0 Å². The van der Waals surface area contributed by atoms with Crippen molar-refractivity contribution in [1.29, 1.82) is 0 Å². The molecule has 0 bridgehead atoms. The molecule has 1 fully saturated rings. The molecule has 2 rings (SSSR count). The van der Waals surface area contributed by atoms with Crippen molar-refractivity contribution in [3.05, 3.63) is 29.8 Å². The SMILES string of the molecule is CCCC1CCC(N)C(c2cccc(OC(F)(F)F)c2)C1. The molecule has 0 heterocycles. The van der Waals surface area contributed by atoms with Crippen molar-refractivity contribution in [3.63, 3.8) is 0 Å². The Morgan fingerprint density at radius 3 is 2.71 bits per heavy atom. The van der Waals surface area contributed by atoms with Gasteiger partial charge in [-0.15, -0.1) is 13.2 Å². The minimum Gasteiger partial charge on any atom is -0.406 e. The lowest BCUT2D eigenvalue weighted by Crippen LogP contribution is -2.34. The van der Waals surface area contributed by atoms with E-state index < -0.39 is 6.36 Å². The van der Waals surface area contributed by atoms with Crippen LogP contribution in [-0.4, -0.2) is 12.4 Å². The second-order valence-electron chi connectivity index (χ2n) is 5.86. The first kappa shape index (κ1) is 16.1. The Labute approximate surface area is 123 Å². The number of benzene rings is 1. The van der Waals surface area contributed by atoms with Gasteiger partial charge in [0.25, 0.3) is 0 Å². The number of alkyl halides is 3. The molecular formula is C16H22F3NO. The number of halogens is 3. The lowest BCUT2D eigenvalue weighted by molar-refractivity contribution is -0.274. The van der Waals surface area contributed by atoms with E-state index in [-0.39, 0.29) is 17.7 Å². The summed E-state index contributed by atoms with van der Waals surface area (Å²) in [5, 5.41) is 0. The number of rotatable bonds is 4. The van der Waals surface area contributed by atoms with Crippen molar-refractivity contribution in [3.8, 4) is 5.75 Å². The largest absolute Gasteiger partial charge is 0.573 e. The summed E-state index contributed by atoms with van der Waals surface area (Å²) in [6.07, 6.45) is 0.623. The van der Waals surface area contributed by atoms with Crippen molar-refractivity contribution in [2.75, 3.05) is 0 Å². The highest BCUT2D eigenvalue weighted by atomic mass is 19.4. The Kier molecular flexibility index (Phi) is 5.14. The normalized spacial score (nSPS) is 26.6. The van der Waals surface area contributed by atoms with Gasteiger partial charge in [0, 0.05) is 6.04 Å². The lowest BCUT2D eigenvalue weighted by Gasteiger charge is -2.34. The average molecular weight is 301 g/mol. The third-order valence-corrected chi connectivity index (χ3v) is 4.23. The quantitative estimate of drug-likeness (QED) is 0.882. The van der Waals surface area contributed by atoms with E-state index in [1.54, 1.807) is 6.07 Å². The maximum absolute atomic E-state index is 12.3. The zero-order chi connectivity index (χ0) is 15.5. The van der Waals surface area contributed by atoms with Crippen LogP contribution in [0.25, 0.3) is 0 Å². The van der Waals surface area contributed by atoms with E-state index in [9.17, 15) is 13.2 Å². The predicted molar refractivity (Wildman–Crippen MR) is 76.1 cm³/mol. The molecule has 118 valence electrons. The highest BCUT2D eigenvalue weighted by Crippen LogP contribution is 2.38. The summed E-state index contributed by atoms with van der Waals surface area (Å²) in [7, 11) is 0. The molecule has 3 atom stereocenters. The molecular weight excluding hydrogens is 279 g/mol. The molecule has 5 heteroatoms. The predicted octanol–water partition coefficient (Wildman–Crippen LogP) is 4.60. The molecule has 2 nitrogen and oxygen atoms in total. The fourth-order valence-corrected chi connectivity index (χ4v) is 3.28. The number of nitrogens with two attached hydrogens (primary N) is 1. The minimum atomic E-state index is -4.65. The van der Waals surface area contributed by atoms with E-state index >= 15 is 0 Å². The first-order valence-electron chi connectivity index (χ1n) is 7.50. The molecule has 2 N–H and O–H groups in total. The monoisotopic (exact) mass is 301 g/mol. The van der Waals surface area contributed by atoms with E-state index in [4.69, 9.17) is 5.73 Å². The molecule has 0 aromatic heterocycles. The third-order valence-electron chi connectivity index (χ3n) is 4.23. The Balaban J connectivity index is 2.13. The Morgan fingerprint density at radius 1 is 1.29 bits per heavy atom. The van der Waals surface area contributed by atoms with Crippen LogP contribution in [0, 0.1) is 5.92 Å². The van der Waals surface area contributed by atoms with E-state index in [1.165, 1.54) is 12.1 Å². The van der Waals surface area contributed by atoms with E-state index in [0.717, 1.165) is 37.7 Å². The molecule has 0 radical (unpaired) electrons. The second-order valence-corrected chi connectivity index (χ2v) is 5.86. The Morgan fingerprint density at radius 2 is 2.05 bits per heavy atom. The molecule has 0 saturated heterocycles. The van der Waals surface area contributed by atoms with Gasteiger partial charge in [-0.25, -0.2) is 0 Å². The summed E-state index contributed by atoms with van der Waals surface area (Å²) in [5.74, 6) is 0.573. The smallest absolute Gasteiger partial charge is 0.406 e. The summed E-state index contributed by atoms with van der Waals surface area (Å²) in [6, 6.07) is 6.27. The molecule has 3 unspecified atom stereocenters.